The van der Waals surface area contributed by atoms with Gasteiger partial charge in [0.05, 0.1) is 17.0 Å². The Bertz CT molecular complexity index is 520. The molecule has 2 fully saturated rings. The van der Waals surface area contributed by atoms with Gasteiger partial charge in [-0.15, -0.1) is 0 Å². The molecule has 2 aliphatic heterocycles. The zero-order valence-electron chi connectivity index (χ0n) is 12.0. The quantitative estimate of drug-likeness (QED) is 0.920. The molecule has 5 nitrogen and oxygen atoms in total. The zero-order valence-corrected chi connectivity index (χ0v) is 12.7. The Morgan fingerprint density at radius 3 is 2.90 bits per heavy atom. The number of pyridine rings is 1. The summed E-state index contributed by atoms with van der Waals surface area (Å²) in [5.41, 5.74) is -0.297. The van der Waals surface area contributed by atoms with Gasteiger partial charge in [-0.25, -0.2) is 4.98 Å². The molecular formula is C15H20ClN3O2. The largest absolute Gasteiger partial charge is 0.395 e. The molecule has 1 amide bonds. The van der Waals surface area contributed by atoms with Crippen molar-refractivity contribution in [3.05, 3.63) is 23.4 Å². The van der Waals surface area contributed by atoms with Crippen LogP contribution in [0.2, 0.25) is 5.02 Å². The second-order valence-electron chi connectivity index (χ2n) is 5.91. The minimum absolute atomic E-state index is 0.0320. The molecule has 0 unspecified atom stereocenters. The lowest BCUT2D eigenvalue weighted by molar-refractivity contribution is -0.145. The first-order valence-electron chi connectivity index (χ1n) is 7.41. The number of hydrogen-bond donors (Lipinski definition) is 1. The standard InChI is InChI=1S/C15H20ClN3O2/c16-12-2-3-13(17-10-12)19-7-5-15(11-19)4-1-6-18(8-9-20)14(15)21/h2-3,10,20H,1,4-9,11H2/t15-/m0/s1. The van der Waals surface area contributed by atoms with Gasteiger partial charge in [0, 0.05) is 32.4 Å². The molecule has 114 valence electrons. The molecular weight excluding hydrogens is 290 g/mol. The molecule has 1 N–H and O–H groups in total. The Labute approximate surface area is 129 Å². The van der Waals surface area contributed by atoms with Gasteiger partial charge < -0.3 is 14.9 Å². The number of anilines is 1. The Morgan fingerprint density at radius 2 is 2.19 bits per heavy atom. The molecule has 1 aromatic rings. The number of likely N-dealkylation sites (tertiary alicyclic amines) is 1. The monoisotopic (exact) mass is 309 g/mol. The van der Waals surface area contributed by atoms with Crippen LogP contribution in [0, 0.1) is 5.41 Å². The van der Waals surface area contributed by atoms with E-state index in [-0.39, 0.29) is 17.9 Å². The van der Waals surface area contributed by atoms with E-state index in [1.807, 2.05) is 17.0 Å². The van der Waals surface area contributed by atoms with Crippen molar-refractivity contribution in [1.82, 2.24) is 9.88 Å². The lowest BCUT2D eigenvalue weighted by atomic mass is 9.78. The fraction of sp³-hybridized carbons (Fsp3) is 0.600. The Hall–Kier alpha value is -1.33. The molecule has 2 aliphatic rings. The number of carbonyl (C=O) groups excluding carboxylic acids is 1. The molecule has 0 aliphatic carbocycles. The van der Waals surface area contributed by atoms with Crippen molar-refractivity contribution in [1.29, 1.82) is 0 Å². The van der Waals surface area contributed by atoms with E-state index in [1.54, 1.807) is 6.20 Å². The number of aliphatic hydroxyl groups excluding tert-OH is 1. The van der Waals surface area contributed by atoms with Crippen LogP contribution in [-0.4, -0.2) is 53.7 Å². The first kappa shape index (κ1) is 14.6. The number of rotatable bonds is 3. The van der Waals surface area contributed by atoms with Crippen LogP contribution < -0.4 is 4.90 Å². The van der Waals surface area contributed by atoms with Crippen LogP contribution in [0.15, 0.2) is 18.3 Å². The first-order chi connectivity index (χ1) is 10.1. The maximum absolute atomic E-state index is 12.7. The molecule has 3 heterocycles. The smallest absolute Gasteiger partial charge is 0.230 e. The highest BCUT2D eigenvalue weighted by Crippen LogP contribution is 2.41. The highest BCUT2D eigenvalue weighted by Gasteiger charge is 2.48. The third-order valence-corrected chi connectivity index (χ3v) is 4.81. The van der Waals surface area contributed by atoms with Gasteiger partial charge in [0.2, 0.25) is 5.91 Å². The summed E-state index contributed by atoms with van der Waals surface area (Å²) in [5, 5.41) is 9.72. The number of nitrogens with zero attached hydrogens (tertiary/aromatic N) is 3. The summed E-state index contributed by atoms with van der Waals surface area (Å²) in [6, 6.07) is 3.73. The van der Waals surface area contributed by atoms with Gasteiger partial charge in [0.25, 0.3) is 0 Å². The number of amides is 1. The highest BCUT2D eigenvalue weighted by molar-refractivity contribution is 6.30. The normalized spacial score (nSPS) is 25.9. The number of aromatic nitrogens is 1. The lowest BCUT2D eigenvalue weighted by Crippen LogP contribution is -2.50. The molecule has 0 saturated carbocycles. The van der Waals surface area contributed by atoms with Gasteiger partial charge in [0.15, 0.2) is 0 Å². The topological polar surface area (TPSA) is 56.7 Å². The van der Waals surface area contributed by atoms with Gasteiger partial charge in [-0.3, -0.25) is 4.79 Å². The second kappa shape index (κ2) is 5.81. The van der Waals surface area contributed by atoms with Gasteiger partial charge in [-0.2, -0.15) is 0 Å². The van der Waals surface area contributed by atoms with Gasteiger partial charge in [-0.05, 0) is 31.4 Å². The minimum atomic E-state index is -0.297. The molecule has 2 saturated heterocycles. The summed E-state index contributed by atoms with van der Waals surface area (Å²) >= 11 is 5.87. The maximum atomic E-state index is 12.7. The Balaban J connectivity index is 1.75. The second-order valence-corrected chi connectivity index (χ2v) is 6.34. The lowest BCUT2D eigenvalue weighted by Gasteiger charge is -2.39. The summed E-state index contributed by atoms with van der Waals surface area (Å²) in [6.07, 6.45) is 4.44. The van der Waals surface area contributed by atoms with Crippen LogP contribution in [0.1, 0.15) is 19.3 Å². The van der Waals surface area contributed by atoms with Crippen molar-refractivity contribution in [2.24, 2.45) is 5.41 Å². The summed E-state index contributed by atoms with van der Waals surface area (Å²) in [5.74, 6) is 1.07. The van der Waals surface area contributed by atoms with Crippen LogP contribution in [0.3, 0.4) is 0 Å². The number of piperidine rings is 1. The van der Waals surface area contributed by atoms with E-state index in [0.29, 0.717) is 18.1 Å². The Kier molecular flexibility index (Phi) is 4.04. The molecule has 1 aromatic heterocycles. The number of aliphatic hydroxyl groups is 1. The van der Waals surface area contributed by atoms with Crippen LogP contribution >= 0.6 is 11.6 Å². The van der Waals surface area contributed by atoms with Crippen molar-refractivity contribution < 1.29 is 9.90 Å². The predicted octanol–water partition coefficient (Wildman–Crippen LogP) is 1.55. The highest BCUT2D eigenvalue weighted by atomic mass is 35.5. The van der Waals surface area contributed by atoms with E-state index in [1.165, 1.54) is 0 Å². The molecule has 0 bridgehead atoms. The number of β-amino-alcohol motifs (C(OH)–C–C–N with tert-alkyl or cyclic N) is 1. The van der Waals surface area contributed by atoms with Crippen molar-refractivity contribution in [2.75, 3.05) is 37.7 Å². The average Bonchev–Trinajstić information content (AvgIpc) is 2.90. The summed E-state index contributed by atoms with van der Waals surface area (Å²) < 4.78 is 0. The van der Waals surface area contributed by atoms with Crippen molar-refractivity contribution >= 4 is 23.3 Å². The number of carbonyl (C=O) groups is 1. The SMILES string of the molecule is O=C1N(CCO)CCC[C@@]12CCN(c1ccc(Cl)cn1)C2. The summed E-state index contributed by atoms with van der Waals surface area (Å²) in [4.78, 5) is 21.0. The summed E-state index contributed by atoms with van der Waals surface area (Å²) in [6.45, 7) is 2.79. The molecule has 1 atom stereocenters. The average molecular weight is 310 g/mol. The van der Waals surface area contributed by atoms with Crippen molar-refractivity contribution in [3.8, 4) is 0 Å². The summed E-state index contributed by atoms with van der Waals surface area (Å²) in [7, 11) is 0. The van der Waals surface area contributed by atoms with E-state index in [4.69, 9.17) is 16.7 Å². The third kappa shape index (κ3) is 2.72. The van der Waals surface area contributed by atoms with E-state index in [2.05, 4.69) is 9.88 Å². The van der Waals surface area contributed by atoms with Crippen LogP contribution in [-0.2, 0) is 4.79 Å². The first-order valence-corrected chi connectivity index (χ1v) is 7.79. The van der Waals surface area contributed by atoms with Gasteiger partial charge in [0.1, 0.15) is 5.82 Å². The Morgan fingerprint density at radius 1 is 1.33 bits per heavy atom. The van der Waals surface area contributed by atoms with Crippen LogP contribution in [0.25, 0.3) is 0 Å². The van der Waals surface area contributed by atoms with Gasteiger partial charge in [-0.1, -0.05) is 11.6 Å². The molecule has 21 heavy (non-hydrogen) atoms. The fourth-order valence-corrected chi connectivity index (χ4v) is 3.60. The van der Waals surface area contributed by atoms with Gasteiger partial charge >= 0.3 is 0 Å². The number of hydrogen-bond acceptors (Lipinski definition) is 4. The van der Waals surface area contributed by atoms with E-state index < -0.39 is 0 Å². The maximum Gasteiger partial charge on any atom is 0.230 e. The molecule has 1 spiro atoms. The zero-order chi connectivity index (χ0) is 14.9. The third-order valence-electron chi connectivity index (χ3n) is 4.58. The van der Waals surface area contributed by atoms with Crippen LogP contribution in [0.4, 0.5) is 5.82 Å². The fourth-order valence-electron chi connectivity index (χ4n) is 3.49. The molecule has 3 rings (SSSR count). The van der Waals surface area contributed by atoms with E-state index in [9.17, 15) is 4.79 Å². The van der Waals surface area contributed by atoms with Crippen LogP contribution in [0.5, 0.6) is 0 Å². The van der Waals surface area contributed by atoms with E-state index >= 15 is 0 Å². The molecule has 0 aromatic carbocycles. The predicted molar refractivity (Wildman–Crippen MR) is 81.4 cm³/mol. The molecule has 0 radical (unpaired) electrons. The van der Waals surface area contributed by atoms with Crippen molar-refractivity contribution in [3.63, 3.8) is 0 Å². The van der Waals surface area contributed by atoms with Crippen molar-refractivity contribution in [2.45, 2.75) is 19.3 Å². The number of halogens is 1. The minimum Gasteiger partial charge on any atom is -0.395 e. The molecule has 6 heteroatoms. The van der Waals surface area contributed by atoms with E-state index in [0.717, 1.165) is 38.2 Å².